The molecule has 0 radical (unpaired) electrons. The van der Waals surface area contributed by atoms with E-state index in [0.717, 1.165) is 18.7 Å². The Balaban J connectivity index is 1.55. The van der Waals surface area contributed by atoms with E-state index in [-0.39, 0.29) is 18.8 Å². The number of nitrogens with one attached hydrogen (secondary N) is 2. The molecule has 2 aromatic rings. The minimum Gasteiger partial charge on any atom is -0.377 e. The molecular weight excluding hydrogens is 444 g/mol. The molecule has 0 saturated heterocycles. The standard InChI is InChI=1S/C18H23BrN6O2S/c1-24-8-10-25(11-9-24)18-21-14-16(19)17(23-18)20-7-12-28(26,27)22-13-15-5-3-2-4-6-15/h2-6,8,10,14,22H,7,9,11-13H2,1H3,(H,20,21,23). The van der Waals surface area contributed by atoms with Crippen LogP contribution in [-0.2, 0) is 16.6 Å². The van der Waals surface area contributed by atoms with E-state index in [1.54, 1.807) is 6.20 Å². The molecule has 0 spiro atoms. The Kier molecular flexibility index (Phi) is 6.87. The molecule has 1 aliphatic heterocycles. The lowest BCUT2D eigenvalue weighted by Gasteiger charge is -2.27. The molecule has 28 heavy (non-hydrogen) atoms. The molecule has 0 atom stereocenters. The van der Waals surface area contributed by atoms with Gasteiger partial charge < -0.3 is 15.1 Å². The van der Waals surface area contributed by atoms with Gasteiger partial charge in [0.2, 0.25) is 16.0 Å². The first-order valence-corrected chi connectivity index (χ1v) is 11.3. The Morgan fingerprint density at radius 1 is 1.18 bits per heavy atom. The summed E-state index contributed by atoms with van der Waals surface area (Å²) in [5, 5.41) is 3.08. The van der Waals surface area contributed by atoms with Crippen molar-refractivity contribution in [2.24, 2.45) is 0 Å². The van der Waals surface area contributed by atoms with Gasteiger partial charge in [-0.15, -0.1) is 0 Å². The predicted octanol–water partition coefficient (Wildman–Crippen LogP) is 1.99. The van der Waals surface area contributed by atoms with Crippen molar-refractivity contribution in [1.29, 1.82) is 0 Å². The number of anilines is 2. The van der Waals surface area contributed by atoms with E-state index in [1.807, 2.05) is 54.7 Å². The summed E-state index contributed by atoms with van der Waals surface area (Å²) in [4.78, 5) is 12.9. The van der Waals surface area contributed by atoms with Crippen LogP contribution in [0.3, 0.4) is 0 Å². The topological polar surface area (TPSA) is 90.5 Å². The first-order chi connectivity index (χ1) is 13.4. The monoisotopic (exact) mass is 466 g/mol. The first-order valence-electron chi connectivity index (χ1n) is 8.86. The van der Waals surface area contributed by atoms with Crippen LogP contribution in [0.5, 0.6) is 0 Å². The van der Waals surface area contributed by atoms with Gasteiger partial charge >= 0.3 is 0 Å². The molecule has 1 aromatic carbocycles. The minimum atomic E-state index is -3.40. The van der Waals surface area contributed by atoms with Crippen LogP contribution in [0.1, 0.15) is 5.56 Å². The molecule has 0 amide bonds. The van der Waals surface area contributed by atoms with Crippen LogP contribution in [0, 0.1) is 0 Å². The highest BCUT2D eigenvalue weighted by Crippen LogP contribution is 2.22. The van der Waals surface area contributed by atoms with Crippen molar-refractivity contribution in [2.75, 3.05) is 42.7 Å². The van der Waals surface area contributed by atoms with Crippen LogP contribution in [-0.4, -0.2) is 55.7 Å². The van der Waals surface area contributed by atoms with Crippen LogP contribution < -0.4 is 14.9 Å². The van der Waals surface area contributed by atoms with Crippen molar-refractivity contribution in [1.82, 2.24) is 19.6 Å². The Bertz CT molecular complexity index is 923. The number of benzene rings is 1. The molecule has 0 bridgehead atoms. The molecule has 0 saturated carbocycles. The Morgan fingerprint density at radius 2 is 1.96 bits per heavy atom. The Hall–Kier alpha value is -2.17. The fourth-order valence-corrected chi connectivity index (χ4v) is 3.79. The fourth-order valence-electron chi connectivity index (χ4n) is 2.56. The highest BCUT2D eigenvalue weighted by molar-refractivity contribution is 9.10. The second-order valence-electron chi connectivity index (χ2n) is 6.39. The van der Waals surface area contributed by atoms with Gasteiger partial charge in [0.05, 0.1) is 10.2 Å². The van der Waals surface area contributed by atoms with Gasteiger partial charge in [-0.05, 0) is 21.5 Å². The van der Waals surface area contributed by atoms with Crippen molar-refractivity contribution in [3.05, 3.63) is 59.0 Å². The van der Waals surface area contributed by atoms with Gasteiger partial charge in [-0.2, -0.15) is 4.98 Å². The Morgan fingerprint density at radius 3 is 2.68 bits per heavy atom. The summed E-state index contributed by atoms with van der Waals surface area (Å²) in [5.41, 5.74) is 0.919. The zero-order chi connectivity index (χ0) is 20.0. The highest BCUT2D eigenvalue weighted by Gasteiger charge is 2.15. The first kappa shape index (κ1) is 20.6. The number of aromatic nitrogens is 2. The maximum atomic E-state index is 12.2. The average molecular weight is 467 g/mol. The smallest absolute Gasteiger partial charge is 0.231 e. The second kappa shape index (κ2) is 9.35. The van der Waals surface area contributed by atoms with E-state index < -0.39 is 10.0 Å². The van der Waals surface area contributed by atoms with Crippen LogP contribution in [0.4, 0.5) is 11.8 Å². The zero-order valence-corrected chi connectivity index (χ0v) is 17.9. The normalized spacial score (nSPS) is 14.4. The van der Waals surface area contributed by atoms with Gasteiger partial charge in [-0.25, -0.2) is 18.1 Å². The van der Waals surface area contributed by atoms with Gasteiger partial charge in [-0.1, -0.05) is 30.3 Å². The third kappa shape index (κ3) is 5.91. The van der Waals surface area contributed by atoms with Gasteiger partial charge in [0, 0.05) is 51.8 Å². The molecule has 1 aliphatic rings. The van der Waals surface area contributed by atoms with Gasteiger partial charge in [0.15, 0.2) is 0 Å². The number of hydrogen-bond acceptors (Lipinski definition) is 7. The number of sulfonamides is 1. The summed E-state index contributed by atoms with van der Waals surface area (Å²) in [6.45, 7) is 2.17. The van der Waals surface area contributed by atoms with Crippen LogP contribution in [0.15, 0.2) is 53.4 Å². The average Bonchev–Trinajstić information content (AvgIpc) is 2.69. The highest BCUT2D eigenvalue weighted by atomic mass is 79.9. The number of nitrogens with zero attached hydrogens (tertiary/aromatic N) is 4. The summed E-state index contributed by atoms with van der Waals surface area (Å²) in [5.74, 6) is 1.08. The minimum absolute atomic E-state index is 0.0555. The Labute approximate surface area is 173 Å². The quantitative estimate of drug-likeness (QED) is 0.614. The summed E-state index contributed by atoms with van der Waals surface area (Å²) >= 11 is 3.41. The van der Waals surface area contributed by atoms with Gasteiger partial charge in [0.25, 0.3) is 0 Å². The molecule has 3 rings (SSSR count). The van der Waals surface area contributed by atoms with Gasteiger partial charge in [0.1, 0.15) is 5.82 Å². The lowest BCUT2D eigenvalue weighted by atomic mass is 10.2. The van der Waals surface area contributed by atoms with Crippen LogP contribution in [0.25, 0.3) is 0 Å². The summed E-state index contributed by atoms with van der Waals surface area (Å²) in [6.07, 6.45) is 5.56. The SMILES string of the molecule is CN1C=CN(c2ncc(Br)c(NCCS(=O)(=O)NCc3ccccc3)n2)CC1. The van der Waals surface area contributed by atoms with E-state index in [2.05, 4.69) is 40.8 Å². The van der Waals surface area contributed by atoms with Gasteiger partial charge in [-0.3, -0.25) is 0 Å². The summed E-state index contributed by atoms with van der Waals surface area (Å²) in [7, 11) is -1.39. The molecular formula is C18H23BrN6O2S. The third-order valence-electron chi connectivity index (χ3n) is 4.19. The van der Waals surface area contributed by atoms with E-state index >= 15 is 0 Å². The maximum absolute atomic E-state index is 12.2. The van der Waals surface area contributed by atoms with Crippen LogP contribution in [0.2, 0.25) is 0 Å². The molecule has 10 heteroatoms. The molecule has 0 unspecified atom stereocenters. The number of rotatable bonds is 8. The second-order valence-corrected chi connectivity index (χ2v) is 9.17. The lowest BCUT2D eigenvalue weighted by molar-refractivity contribution is 0.445. The molecule has 2 N–H and O–H groups in total. The molecule has 150 valence electrons. The van der Waals surface area contributed by atoms with Crippen molar-refractivity contribution in [3.8, 4) is 0 Å². The van der Waals surface area contributed by atoms with Crippen molar-refractivity contribution in [2.45, 2.75) is 6.54 Å². The maximum Gasteiger partial charge on any atom is 0.231 e. The molecule has 1 aromatic heterocycles. The molecule has 0 aliphatic carbocycles. The molecule has 0 fully saturated rings. The zero-order valence-electron chi connectivity index (χ0n) is 15.5. The summed E-state index contributed by atoms with van der Waals surface area (Å²) in [6, 6.07) is 9.42. The lowest BCUT2D eigenvalue weighted by Crippen LogP contribution is -2.33. The van der Waals surface area contributed by atoms with E-state index in [4.69, 9.17) is 0 Å². The van der Waals surface area contributed by atoms with Crippen molar-refractivity contribution in [3.63, 3.8) is 0 Å². The molecule has 8 nitrogen and oxygen atoms in total. The largest absolute Gasteiger partial charge is 0.377 e. The molecule has 2 heterocycles. The predicted molar refractivity (Wildman–Crippen MR) is 114 cm³/mol. The number of halogens is 1. The summed E-state index contributed by atoms with van der Waals surface area (Å²) < 4.78 is 27.7. The van der Waals surface area contributed by atoms with E-state index in [9.17, 15) is 8.42 Å². The van der Waals surface area contributed by atoms with E-state index in [0.29, 0.717) is 16.2 Å². The fraction of sp³-hybridized carbons (Fsp3) is 0.333. The van der Waals surface area contributed by atoms with Crippen molar-refractivity contribution >= 4 is 37.7 Å². The van der Waals surface area contributed by atoms with E-state index in [1.165, 1.54) is 0 Å². The number of hydrogen-bond donors (Lipinski definition) is 2. The van der Waals surface area contributed by atoms with Crippen molar-refractivity contribution < 1.29 is 8.42 Å². The number of likely N-dealkylation sites (N-methyl/N-ethyl adjacent to an activating group) is 1. The van der Waals surface area contributed by atoms with Crippen LogP contribution >= 0.6 is 15.9 Å². The third-order valence-corrected chi connectivity index (χ3v) is 6.09.